The minimum absolute atomic E-state index is 0.112. The molecule has 0 aromatic rings. The molecule has 5 nitrogen and oxygen atoms in total. The largest absolute Gasteiger partial charge is 0.390 e. The molecule has 2 fully saturated rings. The molecule has 17 heavy (non-hydrogen) atoms. The lowest BCUT2D eigenvalue weighted by Gasteiger charge is -2.27. The average molecular weight is 248 g/mol. The molecular weight excluding hydrogens is 224 g/mol. The molecule has 5 heteroatoms. The molecule has 0 aliphatic carbocycles. The predicted octanol–water partition coefficient (Wildman–Crippen LogP) is 0.330. The van der Waals surface area contributed by atoms with E-state index in [0.29, 0.717) is 32.8 Å². The molecule has 2 heterocycles. The van der Waals surface area contributed by atoms with Crippen molar-refractivity contribution in [1.82, 2.24) is 0 Å². The minimum Gasteiger partial charge on any atom is -0.390 e. The summed E-state index contributed by atoms with van der Waals surface area (Å²) in [4.78, 5) is 0. The normalized spacial score (nSPS) is 32.5. The van der Waals surface area contributed by atoms with Crippen LogP contribution in [-0.2, 0) is 14.2 Å². The molecule has 2 unspecified atom stereocenters. The first-order chi connectivity index (χ1) is 8.05. The van der Waals surface area contributed by atoms with E-state index < -0.39 is 5.60 Å². The summed E-state index contributed by atoms with van der Waals surface area (Å²) in [5, 5.41) is 18.5. The van der Waals surface area contributed by atoms with Crippen molar-refractivity contribution >= 4 is 0 Å². The highest BCUT2D eigenvalue weighted by molar-refractivity contribution is 4.74. The summed E-state index contributed by atoms with van der Waals surface area (Å²) in [5.41, 5.74) is -0.446. The van der Waals surface area contributed by atoms with E-state index in [0.717, 1.165) is 12.8 Å². The fourth-order valence-corrected chi connectivity index (χ4v) is 1.74. The van der Waals surface area contributed by atoms with Gasteiger partial charge in [0.05, 0.1) is 18.3 Å². The second kappa shape index (κ2) is 7.28. The van der Waals surface area contributed by atoms with Crippen LogP contribution in [0.5, 0.6) is 0 Å². The van der Waals surface area contributed by atoms with Gasteiger partial charge in [-0.3, -0.25) is 0 Å². The van der Waals surface area contributed by atoms with Crippen molar-refractivity contribution in [2.75, 3.05) is 33.5 Å². The van der Waals surface area contributed by atoms with Crippen molar-refractivity contribution in [2.24, 2.45) is 0 Å². The Hall–Kier alpha value is -0.200. The SMILES string of the molecule is CC1(O)CCOCC1.COC1COCCC1O. The van der Waals surface area contributed by atoms with Gasteiger partial charge >= 0.3 is 0 Å². The van der Waals surface area contributed by atoms with E-state index >= 15 is 0 Å². The van der Waals surface area contributed by atoms with Gasteiger partial charge in [-0.25, -0.2) is 0 Å². The van der Waals surface area contributed by atoms with Crippen LogP contribution >= 0.6 is 0 Å². The summed E-state index contributed by atoms with van der Waals surface area (Å²) in [6, 6.07) is 0. The van der Waals surface area contributed by atoms with Crippen LogP contribution in [0.15, 0.2) is 0 Å². The summed E-state index contributed by atoms with van der Waals surface area (Å²) < 4.78 is 15.0. The Morgan fingerprint density at radius 2 is 1.82 bits per heavy atom. The number of methoxy groups -OCH3 is 1. The standard InChI is InChI=1S/C6H12O3.C6H12O2/c1-8-6-4-9-3-2-5(6)7;1-6(7)2-4-8-5-3-6/h5-7H,2-4H2,1H3;7H,2-5H2,1H3. The highest BCUT2D eigenvalue weighted by Gasteiger charge is 2.23. The summed E-state index contributed by atoms with van der Waals surface area (Å²) in [6.45, 7) is 4.47. The zero-order valence-corrected chi connectivity index (χ0v) is 10.7. The van der Waals surface area contributed by atoms with Crippen LogP contribution < -0.4 is 0 Å². The van der Waals surface area contributed by atoms with Crippen molar-refractivity contribution < 1.29 is 24.4 Å². The molecule has 2 N–H and O–H groups in total. The van der Waals surface area contributed by atoms with Gasteiger partial charge in [0.25, 0.3) is 0 Å². The Morgan fingerprint density at radius 3 is 2.18 bits per heavy atom. The van der Waals surface area contributed by atoms with Gasteiger partial charge in [-0.2, -0.15) is 0 Å². The van der Waals surface area contributed by atoms with Gasteiger partial charge in [0.15, 0.2) is 0 Å². The number of ether oxygens (including phenoxy) is 3. The summed E-state index contributed by atoms with van der Waals surface area (Å²) in [6.07, 6.45) is 1.82. The lowest BCUT2D eigenvalue weighted by atomic mass is 9.98. The Morgan fingerprint density at radius 1 is 1.18 bits per heavy atom. The first kappa shape index (κ1) is 14.9. The van der Waals surface area contributed by atoms with Crippen LogP contribution in [0.2, 0.25) is 0 Å². The third-order valence-corrected chi connectivity index (χ3v) is 3.14. The maximum Gasteiger partial charge on any atom is 0.106 e. The molecule has 0 amide bonds. The molecule has 2 aliphatic rings. The molecule has 102 valence electrons. The van der Waals surface area contributed by atoms with Crippen molar-refractivity contribution in [3.63, 3.8) is 0 Å². The van der Waals surface area contributed by atoms with Crippen LogP contribution in [0, 0.1) is 0 Å². The zero-order valence-electron chi connectivity index (χ0n) is 10.7. The van der Waals surface area contributed by atoms with E-state index in [1.807, 2.05) is 6.92 Å². The molecule has 0 bridgehead atoms. The van der Waals surface area contributed by atoms with Crippen molar-refractivity contribution in [3.05, 3.63) is 0 Å². The first-order valence-electron chi connectivity index (χ1n) is 6.14. The van der Waals surface area contributed by atoms with Crippen LogP contribution in [-0.4, -0.2) is 61.6 Å². The second-order valence-electron chi connectivity index (χ2n) is 4.81. The fraction of sp³-hybridized carbons (Fsp3) is 1.00. The van der Waals surface area contributed by atoms with E-state index in [1.54, 1.807) is 7.11 Å². The molecule has 2 atom stereocenters. The second-order valence-corrected chi connectivity index (χ2v) is 4.81. The topological polar surface area (TPSA) is 68.2 Å². The summed E-state index contributed by atoms with van der Waals surface area (Å²) in [5.74, 6) is 0. The smallest absolute Gasteiger partial charge is 0.106 e. The lowest BCUT2D eigenvalue weighted by Crippen LogP contribution is -2.37. The maximum atomic E-state index is 9.29. The van der Waals surface area contributed by atoms with Gasteiger partial charge in [-0.05, 0) is 26.2 Å². The summed E-state index contributed by atoms with van der Waals surface area (Å²) >= 11 is 0. The molecule has 0 saturated carbocycles. The van der Waals surface area contributed by atoms with Crippen molar-refractivity contribution in [1.29, 1.82) is 0 Å². The van der Waals surface area contributed by atoms with Crippen LogP contribution in [0.25, 0.3) is 0 Å². The van der Waals surface area contributed by atoms with Gasteiger partial charge < -0.3 is 24.4 Å². The zero-order chi connectivity index (χ0) is 12.7. The van der Waals surface area contributed by atoms with E-state index in [-0.39, 0.29) is 12.2 Å². The third kappa shape index (κ3) is 5.79. The highest BCUT2D eigenvalue weighted by atomic mass is 16.5. The van der Waals surface area contributed by atoms with Crippen molar-refractivity contribution in [3.8, 4) is 0 Å². The van der Waals surface area contributed by atoms with Gasteiger partial charge in [0.2, 0.25) is 0 Å². The van der Waals surface area contributed by atoms with Gasteiger partial charge in [-0.15, -0.1) is 0 Å². The molecule has 0 aromatic carbocycles. The van der Waals surface area contributed by atoms with Gasteiger partial charge in [-0.1, -0.05) is 0 Å². The number of hydrogen-bond donors (Lipinski definition) is 2. The Balaban J connectivity index is 0.000000171. The van der Waals surface area contributed by atoms with E-state index in [2.05, 4.69) is 0 Å². The number of hydrogen-bond acceptors (Lipinski definition) is 5. The fourth-order valence-electron chi connectivity index (χ4n) is 1.74. The van der Waals surface area contributed by atoms with Gasteiger partial charge in [0.1, 0.15) is 6.10 Å². The van der Waals surface area contributed by atoms with E-state index in [4.69, 9.17) is 19.3 Å². The number of rotatable bonds is 1. The molecule has 2 saturated heterocycles. The molecular formula is C12H24O5. The Labute approximate surface area is 103 Å². The molecule has 2 aliphatic heterocycles. The predicted molar refractivity (Wildman–Crippen MR) is 62.9 cm³/mol. The highest BCUT2D eigenvalue weighted by Crippen LogP contribution is 2.18. The number of aliphatic hydroxyl groups excluding tert-OH is 1. The maximum absolute atomic E-state index is 9.29. The van der Waals surface area contributed by atoms with Crippen LogP contribution in [0.1, 0.15) is 26.2 Å². The average Bonchev–Trinajstić information content (AvgIpc) is 2.30. The van der Waals surface area contributed by atoms with Crippen LogP contribution in [0.3, 0.4) is 0 Å². The Kier molecular flexibility index (Phi) is 6.37. The van der Waals surface area contributed by atoms with Crippen LogP contribution in [0.4, 0.5) is 0 Å². The molecule has 0 spiro atoms. The minimum atomic E-state index is -0.446. The monoisotopic (exact) mass is 248 g/mol. The Bertz CT molecular complexity index is 199. The summed E-state index contributed by atoms with van der Waals surface area (Å²) in [7, 11) is 1.59. The molecule has 0 radical (unpaired) electrons. The lowest BCUT2D eigenvalue weighted by molar-refractivity contribution is -0.102. The van der Waals surface area contributed by atoms with Crippen molar-refractivity contribution in [2.45, 2.75) is 44.0 Å². The third-order valence-electron chi connectivity index (χ3n) is 3.14. The van der Waals surface area contributed by atoms with E-state index in [9.17, 15) is 5.11 Å². The van der Waals surface area contributed by atoms with Gasteiger partial charge in [0, 0.05) is 26.9 Å². The quantitative estimate of drug-likeness (QED) is 0.700. The molecule has 0 aromatic heterocycles. The number of aliphatic hydroxyl groups is 2. The molecule has 2 rings (SSSR count). The first-order valence-corrected chi connectivity index (χ1v) is 6.14. The van der Waals surface area contributed by atoms with E-state index in [1.165, 1.54) is 0 Å².